The minimum absolute atomic E-state index is 0.122. The highest BCUT2D eigenvalue weighted by molar-refractivity contribution is 6.35. The van der Waals surface area contributed by atoms with Gasteiger partial charge in [-0.05, 0) is 129 Å². The second-order valence-corrected chi connectivity index (χ2v) is 22.4. The molecule has 0 aliphatic rings. The van der Waals surface area contributed by atoms with E-state index in [9.17, 15) is 0 Å². The van der Waals surface area contributed by atoms with Crippen molar-refractivity contribution in [1.29, 1.82) is 0 Å². The van der Waals surface area contributed by atoms with Crippen LogP contribution in [0.5, 0.6) is 0 Å². The van der Waals surface area contributed by atoms with E-state index in [1.165, 1.54) is 81.5 Å². The molecular weight excluding hydrogens is 899 g/mol. The van der Waals surface area contributed by atoms with E-state index in [0.29, 0.717) is 0 Å². The number of aromatic nitrogens is 3. The molecule has 0 saturated heterocycles. The lowest BCUT2D eigenvalue weighted by Gasteiger charge is -2.29. The summed E-state index contributed by atoms with van der Waals surface area (Å²) in [6.45, 7) is 14.0. The first-order chi connectivity index (χ1) is 36.0. The molecule has 15 aromatic rings. The highest BCUT2D eigenvalue weighted by Crippen LogP contribution is 2.53. The first-order valence-electron chi connectivity index (χ1n) is 26.0. The highest BCUT2D eigenvalue weighted by atomic mass is 15.2. The van der Waals surface area contributed by atoms with Crippen LogP contribution in [0.2, 0.25) is 0 Å². The van der Waals surface area contributed by atoms with Crippen molar-refractivity contribution in [2.45, 2.75) is 52.4 Å². The Bertz CT molecular complexity index is 4630. The first kappa shape index (κ1) is 42.7. The van der Waals surface area contributed by atoms with Crippen LogP contribution >= 0.6 is 0 Å². The lowest BCUT2D eigenvalue weighted by atomic mass is 9.84. The number of pyridine rings is 1. The van der Waals surface area contributed by atoms with Gasteiger partial charge >= 0.3 is 0 Å². The summed E-state index contributed by atoms with van der Waals surface area (Å²) in [5.74, 6) is 0. The van der Waals surface area contributed by atoms with Gasteiger partial charge in [0.15, 0.2) is 0 Å². The molecule has 5 nitrogen and oxygen atoms in total. The quantitative estimate of drug-likeness (QED) is 0.166. The smallest absolute Gasteiger partial charge is 0.146 e. The second kappa shape index (κ2) is 15.3. The van der Waals surface area contributed by atoms with Crippen LogP contribution in [0, 0.1) is 0 Å². The largest absolute Gasteiger partial charge is 0.308 e. The van der Waals surface area contributed by atoms with Crippen LogP contribution in [0.15, 0.2) is 212 Å². The number of fused-ring (bicyclic) bond motifs is 15. The Morgan fingerprint density at radius 2 is 0.784 bits per heavy atom. The molecule has 0 spiro atoms. The number of anilines is 6. The van der Waals surface area contributed by atoms with Crippen molar-refractivity contribution in [3.63, 3.8) is 0 Å². The predicted molar refractivity (Wildman–Crippen MR) is 315 cm³/mol. The van der Waals surface area contributed by atoms with Gasteiger partial charge < -0.3 is 14.2 Å². The van der Waals surface area contributed by atoms with E-state index >= 15 is 0 Å². The van der Waals surface area contributed by atoms with Crippen LogP contribution in [0.4, 0.5) is 34.1 Å². The fourth-order valence-electron chi connectivity index (χ4n) is 12.4. The summed E-state index contributed by atoms with van der Waals surface area (Å²) in [4.78, 5) is 11.1. The molecule has 0 aliphatic heterocycles. The van der Waals surface area contributed by atoms with Gasteiger partial charge in [-0.1, -0.05) is 163 Å². The molecule has 10 aromatic carbocycles. The Balaban J connectivity index is 1.18. The molecule has 0 atom stereocenters. The van der Waals surface area contributed by atoms with Crippen molar-refractivity contribution in [3.05, 3.63) is 223 Å². The Hall–Kier alpha value is -8.93. The molecule has 74 heavy (non-hydrogen) atoms. The fourth-order valence-corrected chi connectivity index (χ4v) is 12.4. The Morgan fingerprint density at radius 1 is 0.351 bits per heavy atom. The van der Waals surface area contributed by atoms with Crippen molar-refractivity contribution < 1.29 is 0 Å². The molecule has 0 radical (unpaired) electrons. The van der Waals surface area contributed by atoms with E-state index in [4.69, 9.17) is 4.98 Å². The van der Waals surface area contributed by atoms with Crippen molar-refractivity contribution in [2.24, 2.45) is 0 Å². The summed E-state index contributed by atoms with van der Waals surface area (Å²) in [7, 11) is 0. The molecule has 0 bridgehead atoms. The average Bonchev–Trinajstić information content (AvgIpc) is 4.17. The Morgan fingerprint density at radius 3 is 1.34 bits per heavy atom. The molecule has 5 aromatic heterocycles. The summed E-state index contributed by atoms with van der Waals surface area (Å²) < 4.78 is 5.11. The standard InChI is InChI=1S/C69H53N5/c1-68(2,3)44-37-54-55-39-45(69(4,5)6)40-59(71(46-25-11-7-12-26-46)47-27-13-8-14-28-47)63(55)74-62(54)56(38-44)57-41-58-61(70-67(57)74)60-50-33-21-19-23-42(50)35-52-53-36-43-24-20-22-34-51(43)65(66(53)73(58)64(52)60)72(48-29-15-9-16-30-48)49-31-17-10-18-32-49/h7-41H,1-6H3. The van der Waals surface area contributed by atoms with Crippen LogP contribution < -0.4 is 9.80 Å². The lowest BCUT2D eigenvalue weighted by Crippen LogP contribution is -2.15. The van der Waals surface area contributed by atoms with Gasteiger partial charge in [-0.3, -0.25) is 4.40 Å². The van der Waals surface area contributed by atoms with Crippen molar-refractivity contribution in [1.82, 2.24) is 13.8 Å². The SMILES string of the molecule is CC(C)(C)c1cc(N(c2ccccc2)c2ccccc2)c2c(c1)c1cc(C(C)(C)C)cc3c4cc5c(nc4n2c31)c1c2ccccc2cc2c3cc4ccccc4c(N(c4ccccc4)c4ccccc4)c3n5c21. The minimum Gasteiger partial charge on any atom is -0.308 e. The van der Waals surface area contributed by atoms with E-state index in [2.05, 4.69) is 272 Å². The number of hydrogen-bond donors (Lipinski definition) is 0. The summed E-state index contributed by atoms with van der Waals surface area (Å²) >= 11 is 0. The maximum absolute atomic E-state index is 6.14. The minimum atomic E-state index is -0.126. The molecule has 0 fully saturated rings. The molecule has 0 amide bonds. The van der Waals surface area contributed by atoms with Gasteiger partial charge in [0, 0.05) is 65.8 Å². The van der Waals surface area contributed by atoms with Crippen LogP contribution in [0.25, 0.3) is 98.0 Å². The normalized spacial score (nSPS) is 12.7. The van der Waals surface area contributed by atoms with Gasteiger partial charge in [-0.2, -0.15) is 0 Å². The number of nitrogens with zero attached hydrogens (tertiary/aromatic N) is 5. The maximum atomic E-state index is 6.14. The van der Waals surface area contributed by atoms with Crippen LogP contribution in [-0.2, 0) is 10.8 Å². The summed E-state index contributed by atoms with van der Waals surface area (Å²) in [6.07, 6.45) is 0. The fraction of sp³-hybridized carbons (Fsp3) is 0.116. The molecule has 0 aliphatic carbocycles. The zero-order valence-electron chi connectivity index (χ0n) is 42.4. The van der Waals surface area contributed by atoms with Crippen molar-refractivity contribution in [3.8, 4) is 0 Å². The van der Waals surface area contributed by atoms with Crippen LogP contribution in [-0.4, -0.2) is 13.8 Å². The lowest BCUT2D eigenvalue weighted by molar-refractivity contribution is 0.591. The number of benzene rings is 10. The number of rotatable bonds is 6. The Labute approximate surface area is 429 Å². The third-order valence-electron chi connectivity index (χ3n) is 15.9. The molecule has 0 saturated carbocycles. The predicted octanol–water partition coefficient (Wildman–Crippen LogP) is 19.2. The third kappa shape index (κ3) is 6.01. The van der Waals surface area contributed by atoms with Gasteiger partial charge in [0.1, 0.15) is 5.65 Å². The van der Waals surface area contributed by atoms with E-state index in [-0.39, 0.29) is 10.8 Å². The molecule has 354 valence electrons. The second-order valence-electron chi connectivity index (χ2n) is 22.4. The van der Waals surface area contributed by atoms with E-state index in [0.717, 1.165) is 61.7 Å². The van der Waals surface area contributed by atoms with Crippen molar-refractivity contribution >= 4 is 132 Å². The van der Waals surface area contributed by atoms with Gasteiger partial charge in [0.05, 0.1) is 44.5 Å². The average molecular weight is 952 g/mol. The monoisotopic (exact) mass is 951 g/mol. The van der Waals surface area contributed by atoms with Crippen molar-refractivity contribution in [2.75, 3.05) is 9.80 Å². The molecular formula is C69H53N5. The topological polar surface area (TPSA) is 28.2 Å². The van der Waals surface area contributed by atoms with Gasteiger partial charge in [0.2, 0.25) is 0 Å². The van der Waals surface area contributed by atoms with Gasteiger partial charge in [-0.25, -0.2) is 4.98 Å². The number of hydrogen-bond acceptors (Lipinski definition) is 3. The van der Waals surface area contributed by atoms with E-state index in [1.807, 2.05) is 0 Å². The summed E-state index contributed by atoms with van der Waals surface area (Å²) in [5, 5.41) is 13.3. The molecule has 5 heteroatoms. The number of para-hydroxylation sites is 4. The van der Waals surface area contributed by atoms with E-state index < -0.39 is 0 Å². The third-order valence-corrected chi connectivity index (χ3v) is 15.9. The van der Waals surface area contributed by atoms with E-state index in [1.54, 1.807) is 0 Å². The highest BCUT2D eigenvalue weighted by Gasteiger charge is 2.32. The van der Waals surface area contributed by atoms with Gasteiger partial charge in [-0.15, -0.1) is 0 Å². The molecule has 0 N–H and O–H groups in total. The Kier molecular flexibility index (Phi) is 8.83. The molecule has 5 heterocycles. The first-order valence-corrected chi connectivity index (χ1v) is 26.0. The zero-order chi connectivity index (χ0) is 49.8. The summed E-state index contributed by atoms with van der Waals surface area (Å²) in [5.41, 5.74) is 16.8. The summed E-state index contributed by atoms with van der Waals surface area (Å²) in [6, 6.07) is 78.5. The van der Waals surface area contributed by atoms with Crippen LogP contribution in [0.3, 0.4) is 0 Å². The molecule has 15 rings (SSSR count). The van der Waals surface area contributed by atoms with Gasteiger partial charge in [0.25, 0.3) is 0 Å². The van der Waals surface area contributed by atoms with Crippen LogP contribution in [0.1, 0.15) is 52.7 Å². The zero-order valence-corrected chi connectivity index (χ0v) is 42.4. The molecule has 0 unspecified atom stereocenters. The maximum Gasteiger partial charge on any atom is 0.146 e.